The van der Waals surface area contributed by atoms with E-state index in [0.29, 0.717) is 18.9 Å². The van der Waals surface area contributed by atoms with Crippen LogP contribution < -0.4 is 10.2 Å². The molecule has 20 heavy (non-hydrogen) atoms. The number of nitrogens with one attached hydrogen (secondary N) is 1. The minimum absolute atomic E-state index is 0.00454. The normalized spacial score (nSPS) is 19.2. The first-order chi connectivity index (χ1) is 9.70. The Hall–Kier alpha value is -2.14. The number of aromatic nitrogens is 1. The number of anilines is 1. The molecule has 1 fully saturated rings. The average molecular weight is 271 g/mol. The standard InChI is InChI=1S/C15H17N3O2/c1-10-15(20)16-6-7-18(10)14-12(9-19)8-11-4-2-3-5-13(11)17-14/h2-5,8,10,19H,6-7,9H2,1H3,(H,16,20). The van der Waals surface area contributed by atoms with Crippen molar-refractivity contribution in [3.8, 4) is 0 Å². The molecule has 1 aliphatic heterocycles. The van der Waals surface area contributed by atoms with Gasteiger partial charge in [-0.05, 0) is 19.1 Å². The van der Waals surface area contributed by atoms with Crippen LogP contribution in [-0.4, -0.2) is 35.1 Å². The van der Waals surface area contributed by atoms with Crippen molar-refractivity contribution in [1.82, 2.24) is 10.3 Å². The lowest BCUT2D eigenvalue weighted by Crippen LogP contribution is -2.54. The molecule has 3 rings (SSSR count). The number of para-hydroxylation sites is 1. The summed E-state index contributed by atoms with van der Waals surface area (Å²) in [4.78, 5) is 18.4. The van der Waals surface area contributed by atoms with E-state index in [1.165, 1.54) is 0 Å². The van der Waals surface area contributed by atoms with Crippen LogP contribution in [0.25, 0.3) is 10.9 Å². The van der Waals surface area contributed by atoms with Crippen molar-refractivity contribution in [3.63, 3.8) is 0 Å². The molecule has 2 aromatic rings. The van der Waals surface area contributed by atoms with Gasteiger partial charge in [-0.2, -0.15) is 0 Å². The highest BCUT2D eigenvalue weighted by atomic mass is 16.3. The van der Waals surface area contributed by atoms with Crippen molar-refractivity contribution >= 4 is 22.6 Å². The monoisotopic (exact) mass is 271 g/mol. The second-order valence-electron chi connectivity index (χ2n) is 4.98. The number of pyridine rings is 1. The lowest BCUT2D eigenvalue weighted by Gasteiger charge is -2.34. The van der Waals surface area contributed by atoms with Gasteiger partial charge in [0.1, 0.15) is 11.9 Å². The topological polar surface area (TPSA) is 65.5 Å². The minimum atomic E-state index is -0.275. The van der Waals surface area contributed by atoms with Gasteiger partial charge in [0.05, 0.1) is 12.1 Å². The van der Waals surface area contributed by atoms with E-state index in [4.69, 9.17) is 0 Å². The van der Waals surface area contributed by atoms with Crippen molar-refractivity contribution in [2.45, 2.75) is 19.6 Å². The van der Waals surface area contributed by atoms with Crippen LogP contribution in [0.15, 0.2) is 30.3 Å². The second-order valence-corrected chi connectivity index (χ2v) is 4.98. The second kappa shape index (κ2) is 5.09. The molecule has 1 amide bonds. The summed E-state index contributed by atoms with van der Waals surface area (Å²) >= 11 is 0. The third-order valence-corrected chi connectivity index (χ3v) is 3.72. The molecule has 1 atom stereocenters. The summed E-state index contributed by atoms with van der Waals surface area (Å²) in [5.74, 6) is 0.698. The Morgan fingerprint density at radius 2 is 2.25 bits per heavy atom. The lowest BCUT2D eigenvalue weighted by atomic mass is 10.1. The molecule has 1 aliphatic rings. The smallest absolute Gasteiger partial charge is 0.242 e. The number of hydrogen-bond acceptors (Lipinski definition) is 4. The van der Waals surface area contributed by atoms with E-state index < -0.39 is 0 Å². The van der Waals surface area contributed by atoms with Gasteiger partial charge >= 0.3 is 0 Å². The lowest BCUT2D eigenvalue weighted by molar-refractivity contribution is -0.122. The molecule has 0 saturated carbocycles. The van der Waals surface area contributed by atoms with Crippen LogP contribution >= 0.6 is 0 Å². The molecule has 0 radical (unpaired) electrons. The molecule has 5 nitrogen and oxygen atoms in total. The Morgan fingerprint density at radius 3 is 3.05 bits per heavy atom. The summed E-state index contributed by atoms with van der Waals surface area (Å²) < 4.78 is 0. The summed E-state index contributed by atoms with van der Waals surface area (Å²) in [5.41, 5.74) is 1.63. The Morgan fingerprint density at radius 1 is 1.45 bits per heavy atom. The molecule has 1 saturated heterocycles. The van der Waals surface area contributed by atoms with Gasteiger partial charge in [0.15, 0.2) is 0 Å². The van der Waals surface area contributed by atoms with Crippen molar-refractivity contribution < 1.29 is 9.90 Å². The quantitative estimate of drug-likeness (QED) is 0.857. The summed E-state index contributed by atoms with van der Waals surface area (Å²) in [6.45, 7) is 3.07. The van der Waals surface area contributed by atoms with Crippen LogP contribution in [0.5, 0.6) is 0 Å². The molecule has 1 unspecified atom stereocenters. The van der Waals surface area contributed by atoms with E-state index in [0.717, 1.165) is 16.5 Å². The SMILES string of the molecule is CC1C(=O)NCCN1c1nc2ccccc2cc1CO. The average Bonchev–Trinajstić information content (AvgIpc) is 2.48. The molecular formula is C15H17N3O2. The van der Waals surface area contributed by atoms with Crippen LogP contribution in [-0.2, 0) is 11.4 Å². The third kappa shape index (κ3) is 2.10. The molecule has 2 heterocycles. The van der Waals surface area contributed by atoms with E-state index in [1.54, 1.807) is 0 Å². The van der Waals surface area contributed by atoms with Crippen molar-refractivity contribution in [2.75, 3.05) is 18.0 Å². The fraction of sp³-hybridized carbons (Fsp3) is 0.333. The number of aliphatic hydroxyl groups is 1. The van der Waals surface area contributed by atoms with E-state index in [2.05, 4.69) is 10.3 Å². The molecule has 0 aliphatic carbocycles. The number of aliphatic hydroxyl groups excluding tert-OH is 1. The number of hydrogen-bond donors (Lipinski definition) is 2. The van der Waals surface area contributed by atoms with E-state index in [9.17, 15) is 9.90 Å². The van der Waals surface area contributed by atoms with Gasteiger partial charge < -0.3 is 15.3 Å². The maximum atomic E-state index is 11.8. The van der Waals surface area contributed by atoms with Gasteiger partial charge in [-0.1, -0.05) is 18.2 Å². The largest absolute Gasteiger partial charge is 0.392 e. The molecule has 5 heteroatoms. The summed E-state index contributed by atoms with van der Waals surface area (Å²) in [6.07, 6.45) is 0. The van der Waals surface area contributed by atoms with Gasteiger partial charge in [-0.15, -0.1) is 0 Å². The third-order valence-electron chi connectivity index (χ3n) is 3.72. The van der Waals surface area contributed by atoms with Crippen molar-refractivity contribution in [2.24, 2.45) is 0 Å². The number of carbonyl (C=O) groups excluding carboxylic acids is 1. The van der Waals surface area contributed by atoms with E-state index in [1.807, 2.05) is 42.2 Å². The van der Waals surface area contributed by atoms with Crippen molar-refractivity contribution in [1.29, 1.82) is 0 Å². The summed E-state index contributed by atoms with van der Waals surface area (Å²) in [5, 5.41) is 13.4. The molecule has 1 aromatic heterocycles. The number of piperazine rings is 1. The number of rotatable bonds is 2. The molecule has 0 spiro atoms. The van der Waals surface area contributed by atoms with E-state index >= 15 is 0 Å². The fourth-order valence-electron chi connectivity index (χ4n) is 2.59. The zero-order valence-electron chi connectivity index (χ0n) is 11.3. The van der Waals surface area contributed by atoms with Crippen LogP contribution in [0.2, 0.25) is 0 Å². The first-order valence-corrected chi connectivity index (χ1v) is 6.74. The molecule has 1 aromatic carbocycles. The molecule has 2 N–H and O–H groups in total. The highest BCUT2D eigenvalue weighted by molar-refractivity contribution is 5.87. The molecule has 0 bridgehead atoms. The fourth-order valence-corrected chi connectivity index (χ4v) is 2.59. The Balaban J connectivity index is 2.11. The van der Waals surface area contributed by atoms with Crippen LogP contribution in [0.4, 0.5) is 5.82 Å². The molecular weight excluding hydrogens is 254 g/mol. The highest BCUT2D eigenvalue weighted by Crippen LogP contribution is 2.25. The molecule has 104 valence electrons. The van der Waals surface area contributed by atoms with Gasteiger partial charge in [-0.25, -0.2) is 4.98 Å². The number of amides is 1. The number of benzene rings is 1. The van der Waals surface area contributed by atoms with Crippen LogP contribution in [0, 0.1) is 0 Å². The van der Waals surface area contributed by atoms with Gasteiger partial charge in [0.25, 0.3) is 0 Å². The Bertz CT molecular complexity index is 657. The number of carbonyl (C=O) groups is 1. The first-order valence-electron chi connectivity index (χ1n) is 6.74. The predicted octanol–water partition coefficient (Wildman–Crippen LogP) is 1.05. The van der Waals surface area contributed by atoms with Gasteiger partial charge in [-0.3, -0.25) is 4.79 Å². The number of nitrogens with zero attached hydrogens (tertiary/aromatic N) is 2. The summed E-state index contributed by atoms with van der Waals surface area (Å²) in [6, 6.07) is 9.46. The Labute approximate surface area is 117 Å². The van der Waals surface area contributed by atoms with Crippen LogP contribution in [0.3, 0.4) is 0 Å². The predicted molar refractivity (Wildman–Crippen MR) is 77.5 cm³/mol. The maximum Gasteiger partial charge on any atom is 0.242 e. The highest BCUT2D eigenvalue weighted by Gasteiger charge is 2.28. The first kappa shape index (κ1) is 12.9. The zero-order chi connectivity index (χ0) is 14.1. The van der Waals surface area contributed by atoms with Gasteiger partial charge in [0, 0.05) is 24.0 Å². The zero-order valence-corrected chi connectivity index (χ0v) is 11.3. The Kier molecular flexibility index (Phi) is 3.28. The summed E-state index contributed by atoms with van der Waals surface area (Å²) in [7, 11) is 0. The number of fused-ring (bicyclic) bond motifs is 1. The minimum Gasteiger partial charge on any atom is -0.392 e. The van der Waals surface area contributed by atoms with Crippen LogP contribution in [0.1, 0.15) is 12.5 Å². The van der Waals surface area contributed by atoms with Gasteiger partial charge in [0.2, 0.25) is 5.91 Å². The van der Waals surface area contributed by atoms with Crippen molar-refractivity contribution in [3.05, 3.63) is 35.9 Å². The van der Waals surface area contributed by atoms with E-state index in [-0.39, 0.29) is 18.6 Å². The maximum absolute atomic E-state index is 11.8.